The van der Waals surface area contributed by atoms with Gasteiger partial charge in [0.05, 0.1) is 12.0 Å². The molecule has 0 unspecified atom stereocenters. The number of aromatic nitrogens is 4. The van der Waals surface area contributed by atoms with Crippen molar-refractivity contribution in [3.05, 3.63) is 76.2 Å². The van der Waals surface area contributed by atoms with Crippen LogP contribution in [0.1, 0.15) is 79.1 Å². The van der Waals surface area contributed by atoms with Crippen LogP contribution in [0, 0.1) is 26.2 Å². The molecule has 1 saturated carbocycles. The van der Waals surface area contributed by atoms with Gasteiger partial charge in [-0.25, -0.2) is 8.42 Å². The standard InChI is InChI=1S/C36H44N6O6S/c1-23-8-9-26(31(35(4,5)34(43)44)28-12-17-42-25(3)38-39-32(42)24(28)2)20-27(23)21-41-22-36(13-14-36)48-33-29(49(41,45)46)10-11-30(37-33)47-19-18-40-15-6-7-16-40/h8-12,17,20,31H,6-7,13-16,18-19,21-22H2,1-5H3,(H,43,44)/t31-/m0/s1. The van der Waals surface area contributed by atoms with Crippen LogP contribution < -0.4 is 9.47 Å². The number of carbonyl (C=O) groups is 1. The molecule has 2 aliphatic heterocycles. The Labute approximate surface area is 287 Å². The Morgan fingerprint density at radius 1 is 1.08 bits per heavy atom. The number of rotatable bonds is 10. The van der Waals surface area contributed by atoms with Crippen LogP contribution >= 0.6 is 0 Å². The van der Waals surface area contributed by atoms with E-state index in [0.29, 0.717) is 18.1 Å². The molecular formula is C36H44N6O6S. The quantitative estimate of drug-likeness (QED) is 0.245. The third-order valence-corrected chi connectivity index (χ3v) is 12.3. The number of hydrogen-bond acceptors (Lipinski definition) is 9. The Hall–Kier alpha value is -4.07. The molecule has 7 rings (SSSR count). The van der Waals surface area contributed by atoms with Crippen LogP contribution in [0.5, 0.6) is 11.8 Å². The monoisotopic (exact) mass is 688 g/mol. The van der Waals surface area contributed by atoms with Crippen molar-refractivity contribution >= 4 is 21.6 Å². The Bertz CT molecular complexity index is 2030. The van der Waals surface area contributed by atoms with Gasteiger partial charge in [0.2, 0.25) is 21.8 Å². The molecule has 1 N–H and O–H groups in total. The lowest BCUT2D eigenvalue weighted by Crippen LogP contribution is -2.38. The van der Waals surface area contributed by atoms with Gasteiger partial charge in [0, 0.05) is 31.3 Å². The molecular weight excluding hydrogens is 644 g/mol. The van der Waals surface area contributed by atoms with E-state index in [2.05, 4.69) is 20.1 Å². The fourth-order valence-corrected chi connectivity index (χ4v) is 8.77. The van der Waals surface area contributed by atoms with Crippen molar-refractivity contribution in [1.29, 1.82) is 0 Å². The number of sulfonamides is 1. The van der Waals surface area contributed by atoms with Crippen molar-refractivity contribution in [1.82, 2.24) is 28.8 Å². The molecule has 0 amide bonds. The normalized spacial score (nSPS) is 19.4. The second kappa shape index (κ2) is 12.4. The summed E-state index contributed by atoms with van der Waals surface area (Å²) < 4.78 is 44.2. The van der Waals surface area contributed by atoms with E-state index in [1.54, 1.807) is 19.9 Å². The van der Waals surface area contributed by atoms with Crippen molar-refractivity contribution in [3.63, 3.8) is 0 Å². The highest BCUT2D eigenvalue weighted by atomic mass is 32.2. The van der Waals surface area contributed by atoms with Gasteiger partial charge in [0.15, 0.2) is 5.65 Å². The first-order valence-corrected chi connectivity index (χ1v) is 18.4. The summed E-state index contributed by atoms with van der Waals surface area (Å²) in [6, 6.07) is 10.9. The lowest BCUT2D eigenvalue weighted by Gasteiger charge is -2.33. The minimum atomic E-state index is -4.00. The number of fused-ring (bicyclic) bond motifs is 2. The summed E-state index contributed by atoms with van der Waals surface area (Å²) in [7, 11) is -4.00. The SMILES string of the molecule is Cc1ccc([C@@H](c2ccn3c(C)nnc3c2C)C(C)(C)C(=O)O)cc1CN1CC2(CC2)Oc2nc(OCCN3CCCC3)ccc2S1(=O)=O. The highest BCUT2D eigenvalue weighted by Gasteiger charge is 2.52. The minimum absolute atomic E-state index is 0.0226. The van der Waals surface area contributed by atoms with Crippen molar-refractivity contribution in [2.75, 3.05) is 32.8 Å². The summed E-state index contributed by atoms with van der Waals surface area (Å²) in [5.74, 6) is -0.322. The molecule has 1 aliphatic carbocycles. The second-order valence-electron chi connectivity index (χ2n) is 14.4. The number of nitrogens with zero attached hydrogens (tertiary/aromatic N) is 6. The molecule has 12 nitrogen and oxygen atoms in total. The first-order valence-electron chi connectivity index (χ1n) is 17.0. The minimum Gasteiger partial charge on any atom is -0.481 e. The molecule has 1 atom stereocenters. The van der Waals surface area contributed by atoms with E-state index in [4.69, 9.17) is 9.47 Å². The highest BCUT2D eigenvalue weighted by molar-refractivity contribution is 7.89. The smallest absolute Gasteiger partial charge is 0.310 e. The maximum absolute atomic E-state index is 14.3. The first-order chi connectivity index (χ1) is 23.3. The largest absolute Gasteiger partial charge is 0.481 e. The maximum atomic E-state index is 14.3. The van der Waals surface area contributed by atoms with E-state index in [1.807, 2.05) is 55.6 Å². The van der Waals surface area contributed by atoms with Crippen molar-refractivity contribution in [3.8, 4) is 11.8 Å². The molecule has 0 radical (unpaired) electrons. The molecule has 4 aromatic rings. The van der Waals surface area contributed by atoms with E-state index in [0.717, 1.165) is 66.1 Å². The molecule has 260 valence electrons. The van der Waals surface area contributed by atoms with E-state index in [-0.39, 0.29) is 23.9 Å². The lowest BCUT2D eigenvalue weighted by atomic mass is 9.70. The molecule has 3 aromatic heterocycles. The van der Waals surface area contributed by atoms with Gasteiger partial charge in [0.1, 0.15) is 22.9 Å². The lowest BCUT2D eigenvalue weighted by molar-refractivity contribution is -0.147. The number of ether oxygens (including phenoxy) is 2. The fraction of sp³-hybridized carbons (Fsp3) is 0.500. The number of aliphatic carboxylic acids is 1. The summed E-state index contributed by atoms with van der Waals surface area (Å²) in [5, 5.41) is 19.0. The van der Waals surface area contributed by atoms with Gasteiger partial charge in [-0.2, -0.15) is 9.29 Å². The van der Waals surface area contributed by atoms with Crippen LogP contribution in [0.3, 0.4) is 0 Å². The van der Waals surface area contributed by atoms with E-state index >= 15 is 0 Å². The van der Waals surface area contributed by atoms with Crippen molar-refractivity contribution in [2.45, 2.75) is 83.3 Å². The summed E-state index contributed by atoms with van der Waals surface area (Å²) in [4.78, 5) is 19.7. The third-order valence-electron chi connectivity index (χ3n) is 10.5. The van der Waals surface area contributed by atoms with Gasteiger partial charge in [-0.15, -0.1) is 10.2 Å². The zero-order chi connectivity index (χ0) is 34.7. The fourth-order valence-electron chi connectivity index (χ4n) is 7.23. The molecule has 2 fully saturated rings. The maximum Gasteiger partial charge on any atom is 0.310 e. The highest BCUT2D eigenvalue weighted by Crippen LogP contribution is 2.47. The molecule has 3 aliphatic rings. The Balaban J connectivity index is 1.21. The van der Waals surface area contributed by atoms with Crippen LogP contribution in [0.2, 0.25) is 0 Å². The summed E-state index contributed by atoms with van der Waals surface area (Å²) in [5.41, 5.74) is 2.96. The van der Waals surface area contributed by atoms with Gasteiger partial charge in [0.25, 0.3) is 0 Å². The molecule has 13 heteroatoms. The van der Waals surface area contributed by atoms with Gasteiger partial charge in [-0.05, 0) is 113 Å². The van der Waals surface area contributed by atoms with Crippen LogP contribution in [0.4, 0.5) is 0 Å². The van der Waals surface area contributed by atoms with Crippen LogP contribution in [0.25, 0.3) is 5.65 Å². The predicted octanol–water partition coefficient (Wildman–Crippen LogP) is 4.88. The molecule has 5 heterocycles. The van der Waals surface area contributed by atoms with Crippen LogP contribution in [-0.4, -0.2) is 86.7 Å². The number of benzene rings is 1. The Morgan fingerprint density at radius 3 is 2.55 bits per heavy atom. The zero-order valence-electron chi connectivity index (χ0n) is 28.8. The summed E-state index contributed by atoms with van der Waals surface area (Å²) in [6.45, 7) is 12.9. The number of carboxylic acids is 1. The Kier molecular flexibility index (Phi) is 8.43. The Morgan fingerprint density at radius 2 is 1.84 bits per heavy atom. The van der Waals surface area contributed by atoms with Crippen LogP contribution in [0.15, 0.2) is 47.5 Å². The van der Waals surface area contributed by atoms with E-state index in [1.165, 1.54) is 23.2 Å². The average Bonchev–Trinajstić information content (AvgIpc) is 3.42. The van der Waals surface area contributed by atoms with Gasteiger partial charge >= 0.3 is 5.97 Å². The van der Waals surface area contributed by atoms with E-state index < -0.39 is 32.9 Å². The van der Waals surface area contributed by atoms with E-state index in [9.17, 15) is 18.3 Å². The number of pyridine rings is 2. The zero-order valence-corrected chi connectivity index (χ0v) is 29.6. The van der Waals surface area contributed by atoms with Crippen molar-refractivity contribution in [2.24, 2.45) is 5.41 Å². The third kappa shape index (κ3) is 6.16. The van der Waals surface area contributed by atoms with Crippen molar-refractivity contribution < 1.29 is 27.8 Å². The molecule has 0 bridgehead atoms. The number of aryl methyl sites for hydroxylation is 3. The van der Waals surface area contributed by atoms with Gasteiger partial charge < -0.3 is 14.6 Å². The first kappa shape index (κ1) is 33.4. The predicted molar refractivity (Wildman–Crippen MR) is 182 cm³/mol. The number of likely N-dealkylation sites (tertiary alicyclic amines) is 1. The van der Waals surface area contributed by atoms with Gasteiger partial charge in [-0.3, -0.25) is 14.1 Å². The average molecular weight is 689 g/mol. The number of carboxylic acid groups (broad SMARTS) is 1. The molecule has 49 heavy (non-hydrogen) atoms. The summed E-state index contributed by atoms with van der Waals surface area (Å²) in [6.07, 6.45) is 5.72. The number of hydrogen-bond donors (Lipinski definition) is 1. The molecule has 1 spiro atoms. The van der Waals surface area contributed by atoms with Crippen LogP contribution in [-0.2, 0) is 21.4 Å². The molecule has 1 saturated heterocycles. The van der Waals surface area contributed by atoms with Gasteiger partial charge in [-0.1, -0.05) is 18.2 Å². The second-order valence-corrected chi connectivity index (χ2v) is 16.3. The molecule has 1 aromatic carbocycles. The summed E-state index contributed by atoms with van der Waals surface area (Å²) >= 11 is 0. The topological polar surface area (TPSA) is 139 Å².